The second-order valence-corrected chi connectivity index (χ2v) is 3.99. The second-order valence-electron chi connectivity index (χ2n) is 2.73. The molecule has 0 spiro atoms. The molecule has 0 saturated carbocycles. The van der Waals surface area contributed by atoms with E-state index in [1.165, 1.54) is 20.2 Å². The van der Waals surface area contributed by atoms with Crippen molar-refractivity contribution in [2.45, 2.75) is 0 Å². The Labute approximate surface area is 99.9 Å². The zero-order valence-corrected chi connectivity index (χ0v) is 10.4. The lowest BCUT2D eigenvalue weighted by atomic mass is 10.2. The highest BCUT2D eigenvalue weighted by Gasteiger charge is 2.17. The van der Waals surface area contributed by atoms with Crippen molar-refractivity contribution in [1.82, 2.24) is 5.06 Å². The fourth-order valence-corrected chi connectivity index (χ4v) is 1.43. The van der Waals surface area contributed by atoms with Gasteiger partial charge in [-0.2, -0.15) is 0 Å². The monoisotopic (exact) mass is 295 g/mol. The number of carbonyl (C=O) groups is 1. The van der Waals surface area contributed by atoms with Crippen LogP contribution in [0.3, 0.4) is 0 Å². The van der Waals surface area contributed by atoms with Crippen molar-refractivity contribution in [3.8, 4) is 0 Å². The van der Waals surface area contributed by atoms with Crippen LogP contribution in [0.25, 0.3) is 0 Å². The van der Waals surface area contributed by atoms with Crippen LogP contribution in [0.15, 0.2) is 16.6 Å². The summed E-state index contributed by atoms with van der Waals surface area (Å²) in [5.41, 5.74) is -0.101. The highest BCUT2D eigenvalue weighted by atomic mass is 79.9. The van der Waals surface area contributed by atoms with Gasteiger partial charge in [0.2, 0.25) is 0 Å². The predicted molar refractivity (Wildman–Crippen MR) is 58.2 cm³/mol. The van der Waals surface area contributed by atoms with Crippen LogP contribution in [-0.2, 0) is 4.84 Å². The molecule has 82 valence electrons. The molecule has 0 bridgehead atoms. The molecule has 0 aliphatic rings. The SMILES string of the molecule is CON(C)C(=O)c1cc(Br)c(Cl)cc1F. The van der Waals surface area contributed by atoms with E-state index >= 15 is 0 Å². The molecule has 0 N–H and O–H groups in total. The molecule has 0 saturated heterocycles. The van der Waals surface area contributed by atoms with Gasteiger partial charge in [0.15, 0.2) is 0 Å². The van der Waals surface area contributed by atoms with Crippen LogP contribution in [0.5, 0.6) is 0 Å². The summed E-state index contributed by atoms with van der Waals surface area (Å²) in [4.78, 5) is 16.2. The minimum Gasteiger partial charge on any atom is -0.274 e. The van der Waals surface area contributed by atoms with Crippen LogP contribution in [0.4, 0.5) is 4.39 Å². The Morgan fingerprint density at radius 1 is 1.60 bits per heavy atom. The molecule has 1 amide bonds. The molecule has 1 aromatic rings. The number of benzene rings is 1. The number of hydrogen-bond acceptors (Lipinski definition) is 2. The normalized spacial score (nSPS) is 10.2. The zero-order chi connectivity index (χ0) is 11.6. The molecule has 0 fully saturated rings. The summed E-state index contributed by atoms with van der Waals surface area (Å²) < 4.78 is 13.8. The summed E-state index contributed by atoms with van der Waals surface area (Å²) in [6.45, 7) is 0. The number of hydroxylamine groups is 2. The van der Waals surface area contributed by atoms with Gasteiger partial charge in [-0.15, -0.1) is 0 Å². The maximum atomic E-state index is 13.4. The lowest BCUT2D eigenvalue weighted by molar-refractivity contribution is -0.0759. The number of carbonyl (C=O) groups excluding carboxylic acids is 1. The van der Waals surface area contributed by atoms with Gasteiger partial charge in [0.1, 0.15) is 5.82 Å². The van der Waals surface area contributed by atoms with Crippen molar-refractivity contribution in [2.75, 3.05) is 14.2 Å². The van der Waals surface area contributed by atoms with Crippen molar-refractivity contribution in [3.63, 3.8) is 0 Å². The van der Waals surface area contributed by atoms with Crippen molar-refractivity contribution in [1.29, 1.82) is 0 Å². The Bertz CT molecular complexity index is 400. The molecule has 0 aliphatic carbocycles. The van der Waals surface area contributed by atoms with Gasteiger partial charge in [-0.25, -0.2) is 9.45 Å². The minimum absolute atomic E-state index is 0.101. The van der Waals surface area contributed by atoms with E-state index < -0.39 is 11.7 Å². The fourth-order valence-electron chi connectivity index (χ4n) is 0.939. The van der Waals surface area contributed by atoms with E-state index in [9.17, 15) is 9.18 Å². The molecule has 15 heavy (non-hydrogen) atoms. The molecule has 1 aromatic carbocycles. The average molecular weight is 297 g/mol. The number of hydrogen-bond donors (Lipinski definition) is 0. The van der Waals surface area contributed by atoms with E-state index in [-0.39, 0.29) is 10.6 Å². The van der Waals surface area contributed by atoms with E-state index in [0.717, 1.165) is 11.1 Å². The third kappa shape index (κ3) is 2.68. The lowest BCUT2D eigenvalue weighted by Gasteiger charge is -2.14. The topological polar surface area (TPSA) is 29.5 Å². The molecule has 3 nitrogen and oxygen atoms in total. The Hall–Kier alpha value is -0.650. The summed E-state index contributed by atoms with van der Waals surface area (Å²) in [7, 11) is 2.71. The van der Waals surface area contributed by atoms with Gasteiger partial charge in [0.05, 0.1) is 17.7 Å². The number of rotatable bonds is 2. The maximum absolute atomic E-state index is 13.4. The first-order valence-electron chi connectivity index (χ1n) is 3.94. The molecule has 0 aromatic heterocycles. The summed E-state index contributed by atoms with van der Waals surface area (Å²) in [6.07, 6.45) is 0. The number of amides is 1. The van der Waals surface area contributed by atoms with E-state index in [0.29, 0.717) is 4.47 Å². The molecule has 1 rings (SSSR count). The molecule has 0 atom stereocenters. The van der Waals surface area contributed by atoms with E-state index in [2.05, 4.69) is 20.8 Å². The highest BCUT2D eigenvalue weighted by molar-refractivity contribution is 9.10. The van der Waals surface area contributed by atoms with Crippen molar-refractivity contribution < 1.29 is 14.0 Å². The first-order valence-corrected chi connectivity index (χ1v) is 5.11. The average Bonchev–Trinajstić information content (AvgIpc) is 2.21. The van der Waals surface area contributed by atoms with Gasteiger partial charge < -0.3 is 0 Å². The Kier molecular flexibility index (Phi) is 4.07. The zero-order valence-electron chi connectivity index (χ0n) is 8.05. The van der Waals surface area contributed by atoms with Crippen LogP contribution in [0.2, 0.25) is 5.02 Å². The fraction of sp³-hybridized carbons (Fsp3) is 0.222. The van der Waals surface area contributed by atoms with Gasteiger partial charge in [-0.1, -0.05) is 11.6 Å². The Morgan fingerprint density at radius 3 is 2.73 bits per heavy atom. The van der Waals surface area contributed by atoms with E-state index in [4.69, 9.17) is 11.6 Å². The first kappa shape index (κ1) is 12.4. The third-order valence-corrected chi connectivity index (χ3v) is 3.00. The van der Waals surface area contributed by atoms with Gasteiger partial charge in [-0.05, 0) is 28.1 Å². The number of nitrogens with zero attached hydrogens (tertiary/aromatic N) is 1. The van der Waals surface area contributed by atoms with Crippen LogP contribution in [-0.4, -0.2) is 25.1 Å². The summed E-state index contributed by atoms with van der Waals surface area (Å²) in [6, 6.07) is 2.39. The third-order valence-electron chi connectivity index (χ3n) is 1.80. The van der Waals surface area contributed by atoms with Crippen LogP contribution in [0, 0.1) is 5.82 Å². The Morgan fingerprint density at radius 2 is 2.20 bits per heavy atom. The molecule has 6 heteroatoms. The van der Waals surface area contributed by atoms with Gasteiger partial charge in [0, 0.05) is 11.5 Å². The summed E-state index contributed by atoms with van der Waals surface area (Å²) >= 11 is 8.77. The van der Waals surface area contributed by atoms with Crippen molar-refractivity contribution >= 4 is 33.4 Å². The predicted octanol–water partition coefficient (Wildman–Crippen LogP) is 2.88. The lowest BCUT2D eigenvalue weighted by Crippen LogP contribution is -2.26. The second kappa shape index (κ2) is 4.92. The molecule has 0 unspecified atom stereocenters. The van der Waals surface area contributed by atoms with E-state index in [1.807, 2.05) is 0 Å². The molecule has 0 heterocycles. The van der Waals surface area contributed by atoms with Gasteiger partial charge >= 0.3 is 0 Å². The number of halogens is 3. The smallest absolute Gasteiger partial charge is 0.274 e. The largest absolute Gasteiger partial charge is 0.280 e. The molecule has 0 radical (unpaired) electrons. The van der Waals surface area contributed by atoms with Gasteiger partial charge in [-0.3, -0.25) is 9.63 Å². The summed E-state index contributed by atoms with van der Waals surface area (Å²) in [5, 5.41) is 1.14. The minimum atomic E-state index is -0.683. The molecule has 0 aliphatic heterocycles. The standard InChI is InChI=1S/C9H8BrClFNO2/c1-13(15-2)9(14)5-3-6(10)7(11)4-8(5)12/h3-4H,1-2H3. The summed E-state index contributed by atoms with van der Waals surface area (Å²) in [5.74, 6) is -1.26. The van der Waals surface area contributed by atoms with Crippen LogP contribution < -0.4 is 0 Å². The maximum Gasteiger partial charge on any atom is 0.280 e. The molecular formula is C9H8BrClFNO2. The van der Waals surface area contributed by atoms with Crippen LogP contribution in [0.1, 0.15) is 10.4 Å². The van der Waals surface area contributed by atoms with E-state index in [1.54, 1.807) is 0 Å². The first-order chi connectivity index (χ1) is 6.97. The van der Waals surface area contributed by atoms with Crippen molar-refractivity contribution in [3.05, 3.63) is 33.0 Å². The van der Waals surface area contributed by atoms with Crippen LogP contribution >= 0.6 is 27.5 Å². The highest BCUT2D eigenvalue weighted by Crippen LogP contribution is 2.26. The van der Waals surface area contributed by atoms with Crippen molar-refractivity contribution in [2.24, 2.45) is 0 Å². The van der Waals surface area contributed by atoms with Gasteiger partial charge in [0.25, 0.3) is 5.91 Å². The molecular weight excluding hydrogens is 288 g/mol. The quantitative estimate of drug-likeness (QED) is 0.620. The Balaban J connectivity index is 3.15.